The summed E-state index contributed by atoms with van der Waals surface area (Å²) in [6.07, 6.45) is 3.25. The highest BCUT2D eigenvalue weighted by molar-refractivity contribution is 8.18. The number of hydrogen-bond acceptors (Lipinski definition) is 6. The number of carbonyl (C=O) groups excluding carboxylic acids is 1. The van der Waals surface area contributed by atoms with Crippen molar-refractivity contribution in [2.24, 2.45) is 4.99 Å². The van der Waals surface area contributed by atoms with Crippen molar-refractivity contribution < 1.29 is 24.5 Å². The number of hydrogen-bond donors (Lipinski definition) is 2. The highest BCUT2D eigenvalue weighted by atomic mass is 32.2. The molecule has 0 saturated carbocycles. The van der Waals surface area contributed by atoms with Gasteiger partial charge in [0, 0.05) is 6.54 Å². The lowest BCUT2D eigenvalue weighted by molar-refractivity contribution is -0.137. The Bertz CT molecular complexity index is 1080. The number of aliphatic carboxylic acids is 1. The summed E-state index contributed by atoms with van der Waals surface area (Å²) < 4.78 is 5.45. The number of nitrogens with zero attached hydrogens (tertiary/aromatic N) is 2. The molecular formula is C23H22N2O5S. The molecule has 1 amide bonds. The van der Waals surface area contributed by atoms with E-state index in [-0.39, 0.29) is 31.2 Å². The van der Waals surface area contributed by atoms with E-state index in [1.54, 1.807) is 42.5 Å². The molecule has 0 aromatic heterocycles. The summed E-state index contributed by atoms with van der Waals surface area (Å²) in [5.41, 5.74) is 2.03. The van der Waals surface area contributed by atoms with Crippen LogP contribution in [0.5, 0.6) is 11.5 Å². The lowest BCUT2D eigenvalue weighted by atomic mass is 10.2. The fourth-order valence-electron chi connectivity index (χ4n) is 2.81. The Hall–Kier alpha value is -3.52. The van der Waals surface area contributed by atoms with E-state index in [4.69, 9.17) is 9.84 Å². The number of carboxylic acid groups (broad SMARTS) is 1. The van der Waals surface area contributed by atoms with Gasteiger partial charge in [0.25, 0.3) is 5.91 Å². The van der Waals surface area contributed by atoms with Gasteiger partial charge in [0.05, 0.1) is 17.9 Å². The molecule has 2 N–H and O–H groups in total. The standard InChI is InChI=1S/C23H22N2O5S/c1-3-10-25-22(29)20(31-23(25)24-18-8-7-15(2)12-19(18)26)14-16-5-4-6-17(13-16)30-11-9-21(27)28/h3-8,12-14,26H,1,9-11H2,2H3,(H,27,28)/b20-14-,24-23?. The van der Waals surface area contributed by atoms with Gasteiger partial charge in [-0.2, -0.15) is 0 Å². The fourth-order valence-corrected chi connectivity index (χ4v) is 3.82. The number of aromatic hydroxyl groups is 1. The molecule has 2 aromatic rings. The SMILES string of the molecule is C=CCN1C(=O)/C(=C/c2cccc(OCCC(=O)O)c2)SC1=Nc1ccc(C)cc1O. The Labute approximate surface area is 184 Å². The molecule has 0 atom stereocenters. The van der Waals surface area contributed by atoms with E-state index >= 15 is 0 Å². The van der Waals surface area contributed by atoms with Crippen molar-refractivity contribution in [1.82, 2.24) is 4.90 Å². The smallest absolute Gasteiger partial charge is 0.306 e. The van der Waals surface area contributed by atoms with Crippen LogP contribution in [0.3, 0.4) is 0 Å². The predicted molar refractivity (Wildman–Crippen MR) is 122 cm³/mol. The maximum absolute atomic E-state index is 12.9. The van der Waals surface area contributed by atoms with E-state index in [9.17, 15) is 14.7 Å². The summed E-state index contributed by atoms with van der Waals surface area (Å²) >= 11 is 1.21. The maximum Gasteiger partial charge on any atom is 0.306 e. The number of aliphatic imine (C=N–C) groups is 1. The van der Waals surface area contributed by atoms with Gasteiger partial charge < -0.3 is 14.9 Å². The quantitative estimate of drug-likeness (QED) is 0.470. The van der Waals surface area contributed by atoms with Crippen LogP contribution in [-0.2, 0) is 9.59 Å². The number of aryl methyl sites for hydroxylation is 1. The number of amides is 1. The van der Waals surface area contributed by atoms with Crippen LogP contribution in [0.4, 0.5) is 5.69 Å². The first-order chi connectivity index (χ1) is 14.9. The van der Waals surface area contributed by atoms with Gasteiger partial charge in [-0.25, -0.2) is 4.99 Å². The van der Waals surface area contributed by atoms with Gasteiger partial charge in [-0.15, -0.1) is 6.58 Å². The number of amidine groups is 1. The first-order valence-electron chi connectivity index (χ1n) is 9.52. The molecule has 1 heterocycles. The summed E-state index contributed by atoms with van der Waals surface area (Å²) in [5, 5.41) is 19.3. The van der Waals surface area contributed by atoms with Gasteiger partial charge in [0.1, 0.15) is 17.2 Å². The largest absolute Gasteiger partial charge is 0.506 e. The minimum absolute atomic E-state index is 0.0442. The number of phenols is 1. The Kier molecular flexibility index (Phi) is 7.15. The number of ether oxygens (including phenoxy) is 1. The van der Waals surface area contributed by atoms with Crippen molar-refractivity contribution >= 4 is 40.6 Å². The molecule has 0 bridgehead atoms. The van der Waals surface area contributed by atoms with Crippen LogP contribution in [0.15, 0.2) is 65.0 Å². The van der Waals surface area contributed by atoms with Gasteiger partial charge in [0.15, 0.2) is 5.17 Å². The Morgan fingerprint density at radius 1 is 1.29 bits per heavy atom. The molecule has 0 unspecified atom stereocenters. The highest BCUT2D eigenvalue weighted by Crippen LogP contribution is 2.36. The van der Waals surface area contributed by atoms with Gasteiger partial charge in [-0.05, 0) is 60.2 Å². The summed E-state index contributed by atoms with van der Waals surface area (Å²) in [5.74, 6) is -0.581. The number of rotatable bonds is 8. The summed E-state index contributed by atoms with van der Waals surface area (Å²) in [6, 6.07) is 12.2. The van der Waals surface area contributed by atoms with Crippen LogP contribution in [0.1, 0.15) is 17.5 Å². The molecule has 1 aliphatic heterocycles. The lowest BCUT2D eigenvalue weighted by Gasteiger charge is -2.13. The van der Waals surface area contributed by atoms with E-state index in [1.807, 2.05) is 19.1 Å². The molecule has 2 aromatic carbocycles. The van der Waals surface area contributed by atoms with Crippen LogP contribution in [-0.4, -0.2) is 45.3 Å². The van der Waals surface area contributed by atoms with Gasteiger partial charge in [-0.1, -0.05) is 24.3 Å². The topological polar surface area (TPSA) is 99.4 Å². The molecule has 0 spiro atoms. The van der Waals surface area contributed by atoms with Crippen LogP contribution >= 0.6 is 11.8 Å². The van der Waals surface area contributed by atoms with Gasteiger partial charge in [0.2, 0.25) is 0 Å². The lowest BCUT2D eigenvalue weighted by Crippen LogP contribution is -2.29. The predicted octanol–water partition coefficient (Wildman–Crippen LogP) is 4.34. The van der Waals surface area contributed by atoms with Crippen LogP contribution in [0, 0.1) is 6.92 Å². The van der Waals surface area contributed by atoms with E-state index in [2.05, 4.69) is 11.6 Å². The number of benzene rings is 2. The van der Waals surface area contributed by atoms with Crippen LogP contribution < -0.4 is 4.74 Å². The Morgan fingerprint density at radius 3 is 2.81 bits per heavy atom. The number of thioether (sulfide) groups is 1. The highest BCUT2D eigenvalue weighted by Gasteiger charge is 2.32. The average Bonchev–Trinajstić information content (AvgIpc) is 2.99. The summed E-state index contributed by atoms with van der Waals surface area (Å²) in [4.78, 5) is 30.0. The normalized spacial score (nSPS) is 16.2. The van der Waals surface area contributed by atoms with Crippen molar-refractivity contribution in [1.29, 1.82) is 0 Å². The molecule has 0 aliphatic carbocycles. The molecule has 1 aliphatic rings. The minimum atomic E-state index is -0.931. The van der Waals surface area contributed by atoms with E-state index in [0.717, 1.165) is 11.1 Å². The third-order valence-electron chi connectivity index (χ3n) is 4.29. The molecule has 1 fully saturated rings. The second-order valence-electron chi connectivity index (χ2n) is 6.77. The maximum atomic E-state index is 12.9. The molecule has 1 saturated heterocycles. The van der Waals surface area contributed by atoms with Crippen LogP contribution in [0.25, 0.3) is 6.08 Å². The molecule has 0 radical (unpaired) electrons. The summed E-state index contributed by atoms with van der Waals surface area (Å²) in [6.45, 7) is 5.92. The number of carbonyl (C=O) groups is 2. The van der Waals surface area contributed by atoms with E-state index in [1.165, 1.54) is 16.7 Å². The molecule has 7 nitrogen and oxygen atoms in total. The van der Waals surface area contributed by atoms with Crippen molar-refractivity contribution in [3.05, 3.63) is 71.2 Å². The number of carboxylic acids is 1. The first kappa shape index (κ1) is 22.2. The summed E-state index contributed by atoms with van der Waals surface area (Å²) in [7, 11) is 0. The molecule has 31 heavy (non-hydrogen) atoms. The zero-order chi connectivity index (χ0) is 22.4. The second kappa shape index (κ2) is 9.99. The zero-order valence-corrected chi connectivity index (χ0v) is 17.8. The Balaban J connectivity index is 1.86. The van der Waals surface area contributed by atoms with Crippen molar-refractivity contribution in [3.63, 3.8) is 0 Å². The fraction of sp³-hybridized carbons (Fsp3) is 0.174. The molecule has 160 valence electrons. The average molecular weight is 439 g/mol. The molecular weight excluding hydrogens is 416 g/mol. The van der Waals surface area contributed by atoms with Crippen molar-refractivity contribution in [2.45, 2.75) is 13.3 Å². The molecule has 3 rings (SSSR count). The zero-order valence-electron chi connectivity index (χ0n) is 16.9. The number of phenolic OH excluding ortho intramolecular Hbond substituents is 1. The van der Waals surface area contributed by atoms with Crippen molar-refractivity contribution in [3.8, 4) is 11.5 Å². The van der Waals surface area contributed by atoms with Gasteiger partial charge in [-0.3, -0.25) is 14.5 Å². The Morgan fingerprint density at radius 2 is 2.10 bits per heavy atom. The first-order valence-corrected chi connectivity index (χ1v) is 10.3. The van der Waals surface area contributed by atoms with E-state index < -0.39 is 5.97 Å². The van der Waals surface area contributed by atoms with Crippen molar-refractivity contribution in [2.75, 3.05) is 13.2 Å². The second-order valence-corrected chi connectivity index (χ2v) is 7.78. The van der Waals surface area contributed by atoms with E-state index in [0.29, 0.717) is 21.5 Å². The third kappa shape index (κ3) is 5.76. The molecule has 8 heteroatoms. The monoisotopic (exact) mass is 438 g/mol. The third-order valence-corrected chi connectivity index (χ3v) is 5.29. The van der Waals surface area contributed by atoms with Crippen LogP contribution in [0.2, 0.25) is 0 Å². The van der Waals surface area contributed by atoms with Gasteiger partial charge >= 0.3 is 5.97 Å². The minimum Gasteiger partial charge on any atom is -0.506 e.